The van der Waals surface area contributed by atoms with Crippen LogP contribution in [0, 0.1) is 0 Å². The lowest BCUT2D eigenvalue weighted by molar-refractivity contribution is 0.0940. The molecule has 0 bridgehead atoms. The first-order valence-electron chi connectivity index (χ1n) is 6.79. The monoisotopic (exact) mass is 262 g/mol. The van der Waals surface area contributed by atoms with Crippen LogP contribution < -0.4 is 16.6 Å². The minimum atomic E-state index is -0.0328. The van der Waals surface area contributed by atoms with Crippen molar-refractivity contribution >= 4 is 11.6 Å². The molecule has 0 radical (unpaired) electrons. The number of hydrazine groups is 1. The van der Waals surface area contributed by atoms with Crippen LogP contribution in [0.25, 0.3) is 0 Å². The van der Waals surface area contributed by atoms with Crippen molar-refractivity contribution in [2.75, 3.05) is 25.1 Å². The van der Waals surface area contributed by atoms with E-state index in [-0.39, 0.29) is 5.91 Å². The first kappa shape index (κ1) is 13.8. The maximum absolute atomic E-state index is 12.0. The van der Waals surface area contributed by atoms with Crippen molar-refractivity contribution < 1.29 is 4.79 Å². The van der Waals surface area contributed by atoms with Crippen molar-refractivity contribution in [1.29, 1.82) is 0 Å². The van der Waals surface area contributed by atoms with Gasteiger partial charge in [0.1, 0.15) is 0 Å². The molecular weight excluding hydrogens is 240 g/mol. The van der Waals surface area contributed by atoms with E-state index in [9.17, 15) is 4.79 Å². The van der Waals surface area contributed by atoms with Crippen LogP contribution in [0.1, 0.15) is 30.1 Å². The second kappa shape index (κ2) is 6.54. The fourth-order valence-corrected chi connectivity index (χ4v) is 2.37. The predicted molar refractivity (Wildman–Crippen MR) is 76.9 cm³/mol. The quantitative estimate of drug-likeness (QED) is 0.550. The average Bonchev–Trinajstić information content (AvgIpc) is 2.98. The lowest BCUT2D eigenvalue weighted by Crippen LogP contribution is -2.40. The summed E-state index contributed by atoms with van der Waals surface area (Å²) in [7, 11) is 0. The summed E-state index contributed by atoms with van der Waals surface area (Å²) in [4.78, 5) is 14.4. The van der Waals surface area contributed by atoms with Gasteiger partial charge in [0.05, 0.1) is 0 Å². The molecule has 0 spiro atoms. The predicted octanol–water partition coefficient (Wildman–Crippen LogP) is 1.19. The molecule has 0 aliphatic carbocycles. The molecule has 5 heteroatoms. The number of anilines is 1. The third-order valence-corrected chi connectivity index (χ3v) is 3.64. The van der Waals surface area contributed by atoms with Gasteiger partial charge in [-0.1, -0.05) is 0 Å². The van der Waals surface area contributed by atoms with Crippen LogP contribution in [0.3, 0.4) is 0 Å². The van der Waals surface area contributed by atoms with Gasteiger partial charge in [-0.25, -0.2) is 0 Å². The maximum Gasteiger partial charge on any atom is 0.251 e. The first-order valence-corrected chi connectivity index (χ1v) is 6.79. The van der Waals surface area contributed by atoms with Gasteiger partial charge in [-0.3, -0.25) is 15.5 Å². The van der Waals surface area contributed by atoms with Crippen LogP contribution in [-0.4, -0.2) is 36.5 Å². The van der Waals surface area contributed by atoms with E-state index in [4.69, 9.17) is 5.84 Å². The summed E-state index contributed by atoms with van der Waals surface area (Å²) in [5, 5.41) is 2.98. The van der Waals surface area contributed by atoms with Crippen molar-refractivity contribution in [1.82, 2.24) is 10.2 Å². The van der Waals surface area contributed by atoms with Gasteiger partial charge >= 0.3 is 0 Å². The molecule has 2 rings (SSSR count). The molecule has 19 heavy (non-hydrogen) atoms. The van der Waals surface area contributed by atoms with Gasteiger partial charge in [0, 0.05) is 23.8 Å². The third kappa shape index (κ3) is 3.68. The molecule has 0 saturated carbocycles. The third-order valence-electron chi connectivity index (χ3n) is 3.64. The summed E-state index contributed by atoms with van der Waals surface area (Å²) in [5.74, 6) is 5.26. The number of nitrogens with one attached hydrogen (secondary N) is 2. The lowest BCUT2D eigenvalue weighted by atomic mass is 10.2. The Morgan fingerprint density at radius 3 is 2.53 bits per heavy atom. The minimum Gasteiger partial charge on any atom is -0.350 e. The van der Waals surface area contributed by atoms with E-state index in [1.54, 1.807) is 24.3 Å². The number of hydrogen-bond acceptors (Lipinski definition) is 4. The highest BCUT2D eigenvalue weighted by atomic mass is 16.1. The van der Waals surface area contributed by atoms with E-state index in [2.05, 4.69) is 22.6 Å². The SMILES string of the molecule is CC(CNC(=O)c1ccc(NN)cc1)N1CCCC1. The standard InChI is InChI=1S/C14H22N4O/c1-11(18-8-2-3-9-18)10-16-14(19)12-4-6-13(17-15)7-5-12/h4-7,11,17H,2-3,8-10,15H2,1H3,(H,16,19). The second-order valence-corrected chi connectivity index (χ2v) is 5.02. The molecule has 1 aromatic rings. The molecule has 104 valence electrons. The van der Waals surface area contributed by atoms with Crippen molar-refractivity contribution in [3.63, 3.8) is 0 Å². The fourth-order valence-electron chi connectivity index (χ4n) is 2.37. The Morgan fingerprint density at radius 1 is 1.32 bits per heavy atom. The van der Waals surface area contributed by atoms with Gasteiger partial charge in [-0.2, -0.15) is 0 Å². The highest BCUT2D eigenvalue weighted by Crippen LogP contribution is 2.11. The van der Waals surface area contributed by atoms with Gasteiger partial charge in [-0.15, -0.1) is 0 Å². The number of rotatable bonds is 5. The van der Waals surface area contributed by atoms with E-state index in [1.807, 2.05) is 0 Å². The second-order valence-electron chi connectivity index (χ2n) is 5.02. The van der Waals surface area contributed by atoms with E-state index < -0.39 is 0 Å². The van der Waals surface area contributed by atoms with Crippen molar-refractivity contribution in [3.05, 3.63) is 29.8 Å². The maximum atomic E-state index is 12.0. The molecule has 0 aromatic heterocycles. The van der Waals surface area contributed by atoms with Gasteiger partial charge in [-0.05, 0) is 57.1 Å². The van der Waals surface area contributed by atoms with Gasteiger partial charge in [0.2, 0.25) is 0 Å². The molecule has 1 heterocycles. The van der Waals surface area contributed by atoms with Crippen LogP contribution in [0.15, 0.2) is 24.3 Å². The Hall–Kier alpha value is -1.59. The Bertz CT molecular complexity index is 412. The molecule has 1 aliphatic rings. The van der Waals surface area contributed by atoms with Crippen LogP contribution in [0.2, 0.25) is 0 Å². The summed E-state index contributed by atoms with van der Waals surface area (Å²) < 4.78 is 0. The van der Waals surface area contributed by atoms with E-state index in [0.717, 1.165) is 18.8 Å². The van der Waals surface area contributed by atoms with Crippen LogP contribution >= 0.6 is 0 Å². The molecule has 1 atom stereocenters. The van der Waals surface area contributed by atoms with Gasteiger partial charge in [0.15, 0.2) is 0 Å². The Labute approximate surface area is 114 Å². The molecule has 1 saturated heterocycles. The number of nitrogens with zero attached hydrogens (tertiary/aromatic N) is 1. The van der Waals surface area contributed by atoms with Crippen LogP contribution in [0.5, 0.6) is 0 Å². The zero-order valence-corrected chi connectivity index (χ0v) is 11.4. The van der Waals surface area contributed by atoms with Crippen LogP contribution in [-0.2, 0) is 0 Å². The lowest BCUT2D eigenvalue weighted by Gasteiger charge is -2.23. The first-order chi connectivity index (χ1) is 9.20. The molecule has 1 fully saturated rings. The number of nitrogens with two attached hydrogens (primary N) is 1. The summed E-state index contributed by atoms with van der Waals surface area (Å²) in [5.41, 5.74) is 4.00. The highest BCUT2D eigenvalue weighted by Gasteiger charge is 2.18. The van der Waals surface area contributed by atoms with Crippen molar-refractivity contribution in [2.24, 2.45) is 5.84 Å². The van der Waals surface area contributed by atoms with E-state index in [0.29, 0.717) is 18.2 Å². The topological polar surface area (TPSA) is 70.4 Å². The van der Waals surface area contributed by atoms with Crippen molar-refractivity contribution in [2.45, 2.75) is 25.8 Å². The summed E-state index contributed by atoms with van der Waals surface area (Å²) >= 11 is 0. The number of hydrogen-bond donors (Lipinski definition) is 3. The summed E-state index contributed by atoms with van der Waals surface area (Å²) in [6.45, 7) is 5.14. The minimum absolute atomic E-state index is 0.0328. The number of likely N-dealkylation sites (tertiary alicyclic amines) is 1. The zero-order chi connectivity index (χ0) is 13.7. The summed E-state index contributed by atoms with van der Waals surface area (Å²) in [6, 6.07) is 7.52. The molecular formula is C14H22N4O. The normalized spacial score (nSPS) is 17.2. The van der Waals surface area contributed by atoms with Gasteiger partial charge in [0.25, 0.3) is 5.91 Å². The smallest absolute Gasteiger partial charge is 0.251 e. The number of nitrogen functional groups attached to an aromatic ring is 1. The van der Waals surface area contributed by atoms with E-state index in [1.165, 1.54) is 12.8 Å². The Morgan fingerprint density at radius 2 is 1.95 bits per heavy atom. The number of carbonyl (C=O) groups excluding carboxylic acids is 1. The Kier molecular flexibility index (Phi) is 4.76. The molecule has 5 nitrogen and oxygen atoms in total. The molecule has 1 aromatic carbocycles. The largest absolute Gasteiger partial charge is 0.350 e. The number of amides is 1. The zero-order valence-electron chi connectivity index (χ0n) is 11.4. The number of benzene rings is 1. The molecule has 1 amide bonds. The Balaban J connectivity index is 1.82. The van der Waals surface area contributed by atoms with Crippen molar-refractivity contribution in [3.8, 4) is 0 Å². The number of carbonyl (C=O) groups is 1. The van der Waals surface area contributed by atoms with E-state index >= 15 is 0 Å². The molecule has 1 aliphatic heterocycles. The average molecular weight is 262 g/mol. The molecule has 1 unspecified atom stereocenters. The highest BCUT2D eigenvalue weighted by molar-refractivity contribution is 5.94. The van der Waals surface area contributed by atoms with Crippen LogP contribution in [0.4, 0.5) is 5.69 Å². The molecule has 4 N–H and O–H groups in total. The summed E-state index contributed by atoms with van der Waals surface area (Å²) in [6.07, 6.45) is 2.54. The van der Waals surface area contributed by atoms with Gasteiger partial charge < -0.3 is 10.7 Å². The fraction of sp³-hybridized carbons (Fsp3) is 0.500.